The van der Waals surface area contributed by atoms with Gasteiger partial charge < -0.3 is 11.1 Å². The van der Waals surface area contributed by atoms with Gasteiger partial charge in [0.15, 0.2) is 0 Å². The van der Waals surface area contributed by atoms with Gasteiger partial charge >= 0.3 is 0 Å². The molecule has 0 radical (unpaired) electrons. The molecule has 1 aromatic carbocycles. The minimum atomic E-state index is 0.0338. The predicted octanol–water partition coefficient (Wildman–Crippen LogP) is 2.30. The zero-order chi connectivity index (χ0) is 14.5. The third kappa shape index (κ3) is 5.03. The molecule has 0 unspecified atom stereocenters. The highest BCUT2D eigenvalue weighted by Gasteiger charge is 2.14. The summed E-state index contributed by atoms with van der Waals surface area (Å²) in [5.41, 5.74) is 9.44. The largest absolute Gasteiger partial charge is 0.356 e. The van der Waals surface area contributed by atoms with Gasteiger partial charge in [-0.05, 0) is 35.4 Å². The number of amides is 1. The van der Waals surface area contributed by atoms with E-state index >= 15 is 0 Å². The van der Waals surface area contributed by atoms with Gasteiger partial charge in [-0.3, -0.25) is 4.79 Å². The lowest BCUT2D eigenvalue weighted by Crippen LogP contribution is -2.27. The lowest BCUT2D eigenvalue weighted by Gasteiger charge is -2.20. The second-order valence-corrected chi connectivity index (χ2v) is 6.03. The van der Waals surface area contributed by atoms with Gasteiger partial charge in [-0.15, -0.1) is 0 Å². The first-order chi connectivity index (χ1) is 8.84. The Bertz CT molecular complexity index is 433. The van der Waals surface area contributed by atoms with E-state index in [1.807, 2.05) is 0 Å². The normalized spacial score (nSPS) is 11.4. The molecule has 0 aromatic heterocycles. The van der Waals surface area contributed by atoms with Crippen LogP contribution >= 0.6 is 0 Å². The maximum absolute atomic E-state index is 11.3. The first-order valence-electron chi connectivity index (χ1n) is 6.91. The fourth-order valence-corrected chi connectivity index (χ4v) is 2.00. The predicted molar refractivity (Wildman–Crippen MR) is 80.3 cm³/mol. The second-order valence-electron chi connectivity index (χ2n) is 6.03. The number of hydrogen-bond acceptors (Lipinski definition) is 2. The van der Waals surface area contributed by atoms with Crippen molar-refractivity contribution in [3.63, 3.8) is 0 Å². The van der Waals surface area contributed by atoms with E-state index in [2.05, 4.69) is 51.2 Å². The van der Waals surface area contributed by atoms with E-state index in [4.69, 9.17) is 5.73 Å². The lowest BCUT2D eigenvalue weighted by molar-refractivity contribution is -0.120. The van der Waals surface area contributed by atoms with Gasteiger partial charge in [0, 0.05) is 19.5 Å². The van der Waals surface area contributed by atoms with E-state index in [0.29, 0.717) is 19.5 Å². The zero-order valence-corrected chi connectivity index (χ0v) is 12.5. The molecular formula is C16H26N2O. The van der Waals surface area contributed by atoms with Crippen molar-refractivity contribution in [2.45, 2.75) is 46.0 Å². The standard InChI is InChI=1S/C16H26N2O/c1-12-11-14(16(2,3)4)6-5-13(12)8-10-18-15(19)7-9-17/h5-6,11H,7-10,17H2,1-4H3,(H,18,19). The van der Waals surface area contributed by atoms with Crippen molar-refractivity contribution >= 4 is 5.91 Å². The van der Waals surface area contributed by atoms with Crippen LogP contribution in [0.2, 0.25) is 0 Å². The SMILES string of the molecule is Cc1cc(C(C)(C)C)ccc1CCNC(=O)CCN. The van der Waals surface area contributed by atoms with Crippen LogP contribution in [0.15, 0.2) is 18.2 Å². The highest BCUT2D eigenvalue weighted by Crippen LogP contribution is 2.24. The summed E-state index contributed by atoms with van der Waals surface area (Å²) in [7, 11) is 0. The van der Waals surface area contributed by atoms with E-state index in [-0.39, 0.29) is 11.3 Å². The molecule has 1 rings (SSSR count). The fourth-order valence-electron chi connectivity index (χ4n) is 2.00. The third-order valence-electron chi connectivity index (χ3n) is 3.30. The van der Waals surface area contributed by atoms with Crippen molar-refractivity contribution in [2.75, 3.05) is 13.1 Å². The topological polar surface area (TPSA) is 55.1 Å². The summed E-state index contributed by atoms with van der Waals surface area (Å²) >= 11 is 0. The number of carbonyl (C=O) groups excluding carboxylic acids is 1. The molecule has 0 bridgehead atoms. The van der Waals surface area contributed by atoms with Crippen LogP contribution in [0.25, 0.3) is 0 Å². The molecule has 3 N–H and O–H groups in total. The van der Waals surface area contributed by atoms with Gasteiger partial charge in [0.1, 0.15) is 0 Å². The molecule has 0 fully saturated rings. The molecule has 1 aromatic rings. The maximum atomic E-state index is 11.3. The van der Waals surface area contributed by atoms with Gasteiger partial charge in [0.2, 0.25) is 5.91 Å². The Morgan fingerprint density at radius 2 is 2.00 bits per heavy atom. The highest BCUT2D eigenvalue weighted by atomic mass is 16.1. The zero-order valence-electron chi connectivity index (χ0n) is 12.5. The molecule has 0 aliphatic carbocycles. The Hall–Kier alpha value is -1.35. The molecular weight excluding hydrogens is 236 g/mol. The van der Waals surface area contributed by atoms with Crippen LogP contribution < -0.4 is 11.1 Å². The van der Waals surface area contributed by atoms with E-state index in [0.717, 1.165) is 6.42 Å². The molecule has 0 spiro atoms. The van der Waals surface area contributed by atoms with Crippen molar-refractivity contribution in [3.05, 3.63) is 34.9 Å². The summed E-state index contributed by atoms with van der Waals surface area (Å²) in [6.07, 6.45) is 1.27. The number of nitrogens with one attached hydrogen (secondary N) is 1. The number of rotatable bonds is 5. The average Bonchev–Trinajstić information content (AvgIpc) is 2.30. The Morgan fingerprint density at radius 3 is 2.53 bits per heavy atom. The van der Waals surface area contributed by atoms with Crippen molar-refractivity contribution < 1.29 is 4.79 Å². The monoisotopic (exact) mass is 262 g/mol. The first-order valence-corrected chi connectivity index (χ1v) is 6.91. The Kier molecular flexibility index (Phi) is 5.55. The summed E-state index contributed by atoms with van der Waals surface area (Å²) in [6, 6.07) is 6.60. The minimum Gasteiger partial charge on any atom is -0.356 e. The van der Waals surface area contributed by atoms with Gasteiger partial charge in [-0.25, -0.2) is 0 Å². The molecule has 3 heteroatoms. The highest BCUT2D eigenvalue weighted by molar-refractivity contribution is 5.76. The van der Waals surface area contributed by atoms with Crippen molar-refractivity contribution in [1.29, 1.82) is 0 Å². The summed E-state index contributed by atoms with van der Waals surface area (Å²) in [4.78, 5) is 11.3. The van der Waals surface area contributed by atoms with E-state index in [9.17, 15) is 4.79 Å². The molecule has 19 heavy (non-hydrogen) atoms. The smallest absolute Gasteiger partial charge is 0.221 e. The molecule has 0 heterocycles. The number of carbonyl (C=O) groups is 1. The molecule has 106 valence electrons. The molecule has 0 saturated heterocycles. The van der Waals surface area contributed by atoms with Gasteiger partial charge in [-0.2, -0.15) is 0 Å². The average molecular weight is 262 g/mol. The summed E-state index contributed by atoms with van der Waals surface area (Å²) < 4.78 is 0. The van der Waals surface area contributed by atoms with Crippen molar-refractivity contribution in [1.82, 2.24) is 5.32 Å². The van der Waals surface area contributed by atoms with Crippen LogP contribution in [0.5, 0.6) is 0 Å². The van der Waals surface area contributed by atoms with Crippen LogP contribution in [0, 0.1) is 6.92 Å². The van der Waals surface area contributed by atoms with Crippen molar-refractivity contribution in [3.8, 4) is 0 Å². The van der Waals surface area contributed by atoms with Gasteiger partial charge in [-0.1, -0.05) is 39.0 Å². The van der Waals surface area contributed by atoms with Crippen molar-refractivity contribution in [2.24, 2.45) is 5.73 Å². The van der Waals surface area contributed by atoms with Crippen LogP contribution in [0.3, 0.4) is 0 Å². The van der Waals surface area contributed by atoms with Crippen LogP contribution in [-0.4, -0.2) is 19.0 Å². The second kappa shape index (κ2) is 6.71. The van der Waals surface area contributed by atoms with E-state index < -0.39 is 0 Å². The third-order valence-corrected chi connectivity index (χ3v) is 3.30. The minimum absolute atomic E-state index is 0.0338. The Labute approximate surface area is 116 Å². The molecule has 0 atom stereocenters. The molecule has 0 aliphatic heterocycles. The molecule has 0 aliphatic rings. The summed E-state index contributed by atoms with van der Waals surface area (Å²) in [5, 5.41) is 2.89. The fraction of sp³-hybridized carbons (Fsp3) is 0.562. The Morgan fingerprint density at radius 1 is 1.32 bits per heavy atom. The first kappa shape index (κ1) is 15.7. The maximum Gasteiger partial charge on any atom is 0.221 e. The Balaban J connectivity index is 2.58. The van der Waals surface area contributed by atoms with E-state index in [1.54, 1.807) is 0 Å². The lowest BCUT2D eigenvalue weighted by atomic mass is 9.85. The van der Waals surface area contributed by atoms with Gasteiger partial charge in [0.05, 0.1) is 0 Å². The van der Waals surface area contributed by atoms with Crippen LogP contribution in [-0.2, 0) is 16.6 Å². The number of hydrogen-bond donors (Lipinski definition) is 2. The molecule has 1 amide bonds. The van der Waals surface area contributed by atoms with Crippen LogP contribution in [0.1, 0.15) is 43.9 Å². The molecule has 0 saturated carbocycles. The molecule has 3 nitrogen and oxygen atoms in total. The quantitative estimate of drug-likeness (QED) is 0.855. The summed E-state index contributed by atoms with van der Waals surface area (Å²) in [5.74, 6) is 0.0338. The number of benzene rings is 1. The number of nitrogens with two attached hydrogens (primary N) is 1. The van der Waals surface area contributed by atoms with E-state index in [1.165, 1.54) is 16.7 Å². The van der Waals surface area contributed by atoms with Gasteiger partial charge in [0.25, 0.3) is 0 Å². The number of aryl methyl sites for hydroxylation is 1. The van der Waals surface area contributed by atoms with Crippen LogP contribution in [0.4, 0.5) is 0 Å². The summed E-state index contributed by atoms with van der Waals surface area (Å²) in [6.45, 7) is 9.86.